The monoisotopic (exact) mass is 308 g/mol. The molecule has 1 fully saturated rings. The highest BCUT2D eigenvalue weighted by Gasteiger charge is 2.35. The number of nitrogen functional groups attached to an aromatic ring is 1. The molecule has 124 valence electrons. The van der Waals surface area contributed by atoms with Crippen molar-refractivity contribution in [2.24, 2.45) is 0 Å². The molecule has 3 N–H and O–H groups in total. The number of rotatable bonds is 3. The van der Waals surface area contributed by atoms with Gasteiger partial charge in [-0.05, 0) is 53.9 Å². The minimum Gasteiger partial charge on any atom is -0.465 e. The minimum atomic E-state index is -0.833. The van der Waals surface area contributed by atoms with Gasteiger partial charge in [-0.3, -0.25) is 0 Å². The molecule has 6 nitrogen and oxygen atoms in total. The first-order valence-electron chi connectivity index (χ1n) is 7.98. The van der Waals surface area contributed by atoms with E-state index in [1.54, 1.807) is 4.90 Å². The molecule has 1 amide bonds. The number of nitrogens with zero attached hydrogens (tertiary/aromatic N) is 3. The third-order valence-corrected chi connectivity index (χ3v) is 4.39. The van der Waals surface area contributed by atoms with Crippen LogP contribution in [0.15, 0.2) is 6.07 Å². The molecule has 22 heavy (non-hydrogen) atoms. The Morgan fingerprint density at radius 2 is 2.09 bits per heavy atom. The fourth-order valence-electron chi connectivity index (χ4n) is 3.43. The summed E-state index contributed by atoms with van der Waals surface area (Å²) in [6.07, 6.45) is 1.84. The SMILES string of the molecule is CC(C)N(C(=O)O)[C@@H]1CC[C@H](c2cc(N)n(C(C)(C)C)n2)C1. The second kappa shape index (κ2) is 5.82. The van der Waals surface area contributed by atoms with Gasteiger partial charge < -0.3 is 15.7 Å². The number of carbonyl (C=O) groups is 1. The number of aromatic nitrogens is 2. The molecule has 1 aromatic heterocycles. The van der Waals surface area contributed by atoms with Crippen LogP contribution in [0.4, 0.5) is 10.6 Å². The zero-order chi connectivity index (χ0) is 16.7. The summed E-state index contributed by atoms with van der Waals surface area (Å²) in [7, 11) is 0. The van der Waals surface area contributed by atoms with E-state index in [9.17, 15) is 9.90 Å². The van der Waals surface area contributed by atoms with E-state index >= 15 is 0 Å². The predicted molar refractivity (Wildman–Crippen MR) is 87.0 cm³/mol. The summed E-state index contributed by atoms with van der Waals surface area (Å²) >= 11 is 0. The molecule has 1 aliphatic rings. The lowest BCUT2D eigenvalue weighted by Gasteiger charge is -2.30. The Labute approximate surface area is 132 Å². The first kappa shape index (κ1) is 16.6. The van der Waals surface area contributed by atoms with E-state index < -0.39 is 6.09 Å². The van der Waals surface area contributed by atoms with Crippen molar-refractivity contribution in [2.75, 3.05) is 5.73 Å². The molecule has 0 aliphatic heterocycles. The third kappa shape index (κ3) is 3.20. The lowest BCUT2D eigenvalue weighted by molar-refractivity contribution is 0.108. The van der Waals surface area contributed by atoms with Gasteiger partial charge in [0.2, 0.25) is 0 Å². The van der Waals surface area contributed by atoms with Crippen molar-refractivity contribution in [3.8, 4) is 0 Å². The molecule has 0 bridgehead atoms. The van der Waals surface area contributed by atoms with Gasteiger partial charge in [0.25, 0.3) is 0 Å². The fourth-order valence-corrected chi connectivity index (χ4v) is 3.43. The highest BCUT2D eigenvalue weighted by atomic mass is 16.4. The number of nitrogens with two attached hydrogens (primary N) is 1. The molecule has 0 unspecified atom stereocenters. The maximum atomic E-state index is 11.4. The number of amides is 1. The summed E-state index contributed by atoms with van der Waals surface area (Å²) in [6.45, 7) is 10.1. The van der Waals surface area contributed by atoms with Crippen molar-refractivity contribution < 1.29 is 9.90 Å². The topological polar surface area (TPSA) is 84.4 Å². The Morgan fingerprint density at radius 3 is 2.55 bits per heavy atom. The number of hydrogen-bond acceptors (Lipinski definition) is 3. The van der Waals surface area contributed by atoms with E-state index in [4.69, 9.17) is 5.73 Å². The second-order valence-electron chi connectivity index (χ2n) is 7.52. The maximum Gasteiger partial charge on any atom is 0.407 e. The van der Waals surface area contributed by atoms with E-state index in [1.165, 1.54) is 0 Å². The summed E-state index contributed by atoms with van der Waals surface area (Å²) in [4.78, 5) is 13.0. The van der Waals surface area contributed by atoms with Crippen LogP contribution >= 0.6 is 0 Å². The van der Waals surface area contributed by atoms with Crippen LogP contribution < -0.4 is 5.73 Å². The molecule has 1 saturated carbocycles. The molecular weight excluding hydrogens is 280 g/mol. The largest absolute Gasteiger partial charge is 0.465 e. The average Bonchev–Trinajstić information content (AvgIpc) is 2.93. The van der Waals surface area contributed by atoms with Gasteiger partial charge in [0, 0.05) is 24.1 Å². The Balaban J connectivity index is 2.15. The Bertz CT molecular complexity index is 545. The van der Waals surface area contributed by atoms with Gasteiger partial charge in [-0.15, -0.1) is 0 Å². The van der Waals surface area contributed by atoms with Crippen molar-refractivity contribution in [3.63, 3.8) is 0 Å². The van der Waals surface area contributed by atoms with Crippen LogP contribution in [0.3, 0.4) is 0 Å². The van der Waals surface area contributed by atoms with Crippen LogP contribution in [-0.4, -0.2) is 38.0 Å². The summed E-state index contributed by atoms with van der Waals surface area (Å²) in [5, 5.41) is 14.1. The van der Waals surface area contributed by atoms with Gasteiger partial charge in [0.15, 0.2) is 0 Å². The van der Waals surface area contributed by atoms with Crippen molar-refractivity contribution in [3.05, 3.63) is 11.8 Å². The molecule has 0 spiro atoms. The lowest BCUT2D eigenvalue weighted by Crippen LogP contribution is -2.42. The van der Waals surface area contributed by atoms with E-state index in [1.807, 2.05) is 24.6 Å². The average molecular weight is 308 g/mol. The third-order valence-electron chi connectivity index (χ3n) is 4.39. The summed E-state index contributed by atoms with van der Waals surface area (Å²) in [5.41, 5.74) is 6.92. The molecule has 6 heteroatoms. The summed E-state index contributed by atoms with van der Waals surface area (Å²) in [5.74, 6) is 0.960. The normalized spacial score (nSPS) is 22.3. The van der Waals surface area contributed by atoms with Crippen molar-refractivity contribution >= 4 is 11.9 Å². The van der Waals surface area contributed by atoms with Crippen molar-refractivity contribution in [2.45, 2.75) is 77.4 Å². The molecule has 2 atom stereocenters. The Hall–Kier alpha value is -1.72. The van der Waals surface area contributed by atoms with Crippen LogP contribution in [0.5, 0.6) is 0 Å². The van der Waals surface area contributed by atoms with Crippen LogP contribution in [0.1, 0.15) is 65.5 Å². The van der Waals surface area contributed by atoms with E-state index in [2.05, 4.69) is 25.9 Å². The maximum absolute atomic E-state index is 11.4. The first-order chi connectivity index (χ1) is 10.1. The zero-order valence-corrected chi connectivity index (χ0v) is 14.2. The van der Waals surface area contributed by atoms with Crippen LogP contribution in [-0.2, 0) is 5.54 Å². The Morgan fingerprint density at radius 1 is 1.45 bits per heavy atom. The zero-order valence-electron chi connectivity index (χ0n) is 14.2. The first-order valence-corrected chi connectivity index (χ1v) is 7.98. The van der Waals surface area contributed by atoms with Crippen molar-refractivity contribution in [1.29, 1.82) is 0 Å². The predicted octanol–water partition coefficient (Wildman–Crippen LogP) is 3.24. The van der Waals surface area contributed by atoms with E-state index in [-0.39, 0.29) is 23.5 Å². The summed E-state index contributed by atoms with van der Waals surface area (Å²) in [6, 6.07) is 2.01. The molecule has 1 aliphatic carbocycles. The number of anilines is 1. The summed E-state index contributed by atoms with van der Waals surface area (Å²) < 4.78 is 1.85. The molecule has 2 rings (SSSR count). The van der Waals surface area contributed by atoms with Crippen molar-refractivity contribution in [1.82, 2.24) is 14.7 Å². The Kier molecular flexibility index (Phi) is 4.40. The highest BCUT2D eigenvalue weighted by Crippen LogP contribution is 2.38. The number of hydrogen-bond donors (Lipinski definition) is 2. The minimum absolute atomic E-state index is 0.00143. The van der Waals surface area contributed by atoms with Gasteiger partial charge >= 0.3 is 6.09 Å². The van der Waals surface area contributed by atoms with Gasteiger partial charge in [0.1, 0.15) is 5.82 Å². The lowest BCUT2D eigenvalue weighted by atomic mass is 10.0. The molecule has 1 heterocycles. The van der Waals surface area contributed by atoms with Crippen LogP contribution in [0, 0.1) is 0 Å². The van der Waals surface area contributed by atoms with Crippen LogP contribution in [0.25, 0.3) is 0 Å². The molecule has 0 saturated heterocycles. The second-order valence-corrected chi connectivity index (χ2v) is 7.52. The fraction of sp³-hybridized carbons (Fsp3) is 0.750. The number of carboxylic acid groups (broad SMARTS) is 1. The quantitative estimate of drug-likeness (QED) is 0.897. The highest BCUT2D eigenvalue weighted by molar-refractivity contribution is 5.66. The van der Waals surface area contributed by atoms with Gasteiger partial charge in [-0.2, -0.15) is 5.10 Å². The standard InChI is InChI=1S/C16H28N4O2/c1-10(2)19(15(21)22)12-7-6-11(8-12)13-9-14(17)20(18-13)16(3,4)5/h9-12H,6-8,17H2,1-5H3,(H,21,22)/t11-,12+/m0/s1. The van der Waals surface area contributed by atoms with Crippen LogP contribution in [0.2, 0.25) is 0 Å². The van der Waals surface area contributed by atoms with Gasteiger partial charge in [0.05, 0.1) is 11.2 Å². The van der Waals surface area contributed by atoms with E-state index in [0.29, 0.717) is 5.82 Å². The van der Waals surface area contributed by atoms with E-state index in [0.717, 1.165) is 25.0 Å². The molecule has 0 aromatic carbocycles. The smallest absolute Gasteiger partial charge is 0.407 e. The molecular formula is C16H28N4O2. The molecule has 1 aromatic rings. The molecule has 0 radical (unpaired) electrons. The van der Waals surface area contributed by atoms with Gasteiger partial charge in [-0.1, -0.05) is 0 Å². The van der Waals surface area contributed by atoms with Gasteiger partial charge in [-0.25, -0.2) is 9.48 Å².